The number of aromatic nitrogens is 1. The van der Waals surface area contributed by atoms with Crippen molar-refractivity contribution in [2.24, 2.45) is 5.73 Å². The van der Waals surface area contributed by atoms with E-state index in [1.165, 1.54) is 12.1 Å². The van der Waals surface area contributed by atoms with Gasteiger partial charge in [0.2, 0.25) is 0 Å². The molecule has 0 aliphatic carbocycles. The van der Waals surface area contributed by atoms with Crippen LogP contribution >= 0.6 is 0 Å². The molecule has 4 N–H and O–H groups in total. The molecule has 0 aliphatic heterocycles. The van der Waals surface area contributed by atoms with Crippen LogP contribution in [0.2, 0.25) is 0 Å². The van der Waals surface area contributed by atoms with Crippen LogP contribution in [0.1, 0.15) is 23.0 Å². The smallest absolute Gasteiger partial charge is 0.143 e. The molecule has 110 valence electrons. The summed E-state index contributed by atoms with van der Waals surface area (Å²) in [6.07, 6.45) is -1.13. The standard InChI is InChI=1S/C17H14FN3O/c1-9-13-6-10(8-19)7-14(11-2-4-12(18)5-3-11)16(13)21-15(9)17(20)22/h2-7,17,21-22H,20H2,1H3. The van der Waals surface area contributed by atoms with Gasteiger partial charge in [-0.2, -0.15) is 5.26 Å². The van der Waals surface area contributed by atoms with Crippen molar-refractivity contribution in [3.05, 3.63) is 59.0 Å². The van der Waals surface area contributed by atoms with Crippen molar-refractivity contribution in [1.82, 2.24) is 4.98 Å². The number of aromatic amines is 1. The summed E-state index contributed by atoms with van der Waals surface area (Å²) < 4.78 is 13.1. The number of aliphatic hydroxyl groups excluding tert-OH is 1. The Balaban J connectivity index is 2.35. The van der Waals surface area contributed by atoms with Crippen molar-refractivity contribution in [3.8, 4) is 17.2 Å². The lowest BCUT2D eigenvalue weighted by Crippen LogP contribution is -2.09. The molecule has 0 fully saturated rings. The fraction of sp³-hybridized carbons (Fsp3) is 0.118. The van der Waals surface area contributed by atoms with Crippen molar-refractivity contribution < 1.29 is 9.50 Å². The topological polar surface area (TPSA) is 85.8 Å². The number of nitrogens with two attached hydrogens (primary N) is 1. The number of fused-ring (bicyclic) bond motifs is 1. The molecule has 1 aromatic heterocycles. The summed E-state index contributed by atoms with van der Waals surface area (Å²) in [6, 6.07) is 11.7. The minimum Gasteiger partial charge on any atom is -0.373 e. The molecule has 3 aromatic rings. The quantitative estimate of drug-likeness (QED) is 0.635. The molecule has 0 radical (unpaired) electrons. The van der Waals surface area contributed by atoms with Crippen LogP contribution in [0.25, 0.3) is 22.0 Å². The van der Waals surface area contributed by atoms with E-state index in [4.69, 9.17) is 5.73 Å². The molecule has 1 heterocycles. The number of H-pyrrole nitrogens is 1. The molecule has 22 heavy (non-hydrogen) atoms. The van der Waals surface area contributed by atoms with E-state index in [0.29, 0.717) is 11.3 Å². The highest BCUT2D eigenvalue weighted by Crippen LogP contribution is 2.34. The lowest BCUT2D eigenvalue weighted by molar-refractivity contribution is 0.181. The van der Waals surface area contributed by atoms with Crippen molar-refractivity contribution in [3.63, 3.8) is 0 Å². The number of hydrogen-bond acceptors (Lipinski definition) is 3. The van der Waals surface area contributed by atoms with E-state index in [0.717, 1.165) is 27.6 Å². The second-order valence-corrected chi connectivity index (χ2v) is 5.17. The number of nitriles is 1. The summed E-state index contributed by atoms with van der Waals surface area (Å²) in [5.41, 5.74) is 9.68. The Labute approximate surface area is 126 Å². The van der Waals surface area contributed by atoms with Crippen LogP contribution in [-0.4, -0.2) is 10.1 Å². The zero-order chi connectivity index (χ0) is 15.9. The molecular formula is C17H14FN3O. The van der Waals surface area contributed by atoms with Crippen LogP contribution < -0.4 is 5.73 Å². The van der Waals surface area contributed by atoms with Gasteiger partial charge in [0.15, 0.2) is 0 Å². The summed E-state index contributed by atoms with van der Waals surface area (Å²) in [7, 11) is 0. The SMILES string of the molecule is Cc1c(C(N)O)[nH]c2c(-c3ccc(F)cc3)cc(C#N)cc12. The van der Waals surface area contributed by atoms with Crippen LogP contribution in [0.4, 0.5) is 4.39 Å². The van der Waals surface area contributed by atoms with Crippen LogP contribution in [0.5, 0.6) is 0 Å². The molecule has 2 aromatic carbocycles. The van der Waals surface area contributed by atoms with E-state index >= 15 is 0 Å². The van der Waals surface area contributed by atoms with Crippen molar-refractivity contribution in [2.75, 3.05) is 0 Å². The maximum Gasteiger partial charge on any atom is 0.143 e. The average Bonchev–Trinajstić information content (AvgIpc) is 2.85. The number of aliphatic hydroxyl groups is 1. The molecule has 0 amide bonds. The van der Waals surface area contributed by atoms with E-state index < -0.39 is 6.23 Å². The Morgan fingerprint density at radius 2 is 1.95 bits per heavy atom. The third-order valence-electron chi connectivity index (χ3n) is 3.79. The van der Waals surface area contributed by atoms with E-state index in [2.05, 4.69) is 11.1 Å². The fourth-order valence-corrected chi connectivity index (χ4v) is 2.66. The highest BCUT2D eigenvalue weighted by Gasteiger charge is 2.16. The molecule has 3 rings (SSSR count). The molecule has 0 spiro atoms. The summed E-state index contributed by atoms with van der Waals surface area (Å²) in [5, 5.41) is 19.7. The fourth-order valence-electron chi connectivity index (χ4n) is 2.66. The van der Waals surface area contributed by atoms with Gasteiger partial charge in [-0.3, -0.25) is 0 Å². The van der Waals surface area contributed by atoms with Gasteiger partial charge in [0.25, 0.3) is 0 Å². The van der Waals surface area contributed by atoms with Crippen molar-refractivity contribution >= 4 is 10.9 Å². The van der Waals surface area contributed by atoms with Crippen LogP contribution in [0.15, 0.2) is 36.4 Å². The lowest BCUT2D eigenvalue weighted by atomic mass is 9.99. The predicted octanol–water partition coefficient (Wildman–Crippen LogP) is 3.10. The van der Waals surface area contributed by atoms with Gasteiger partial charge in [0.1, 0.15) is 12.0 Å². The number of halogens is 1. The maximum atomic E-state index is 13.1. The third kappa shape index (κ3) is 2.25. The molecule has 4 nitrogen and oxygen atoms in total. The van der Waals surface area contributed by atoms with E-state index in [1.807, 2.05) is 6.92 Å². The number of hydrogen-bond donors (Lipinski definition) is 3. The number of aryl methyl sites for hydroxylation is 1. The Kier molecular flexibility index (Phi) is 3.41. The molecule has 0 bridgehead atoms. The molecule has 0 saturated carbocycles. The lowest BCUT2D eigenvalue weighted by Gasteiger charge is -2.05. The normalized spacial score (nSPS) is 12.3. The van der Waals surface area contributed by atoms with Gasteiger partial charge < -0.3 is 15.8 Å². The average molecular weight is 295 g/mol. The zero-order valence-electron chi connectivity index (χ0n) is 11.9. The Bertz CT molecular complexity index is 889. The van der Waals surface area contributed by atoms with Gasteiger partial charge in [-0.1, -0.05) is 12.1 Å². The summed E-state index contributed by atoms with van der Waals surface area (Å²) in [6.45, 7) is 1.83. The van der Waals surface area contributed by atoms with Crippen LogP contribution in [0.3, 0.4) is 0 Å². The second kappa shape index (κ2) is 5.26. The summed E-state index contributed by atoms with van der Waals surface area (Å²) in [4.78, 5) is 3.12. The first-order valence-electron chi connectivity index (χ1n) is 6.77. The zero-order valence-corrected chi connectivity index (χ0v) is 11.9. The van der Waals surface area contributed by atoms with Gasteiger partial charge in [-0.15, -0.1) is 0 Å². The summed E-state index contributed by atoms with van der Waals surface area (Å²) in [5.74, 6) is -0.322. The Hall–Kier alpha value is -2.68. The third-order valence-corrected chi connectivity index (χ3v) is 3.79. The summed E-state index contributed by atoms with van der Waals surface area (Å²) >= 11 is 0. The molecule has 0 aliphatic rings. The van der Waals surface area contributed by atoms with Crippen molar-refractivity contribution in [1.29, 1.82) is 5.26 Å². The first-order valence-corrected chi connectivity index (χ1v) is 6.77. The van der Waals surface area contributed by atoms with Gasteiger partial charge in [-0.25, -0.2) is 4.39 Å². The first-order chi connectivity index (χ1) is 10.5. The molecule has 1 atom stereocenters. The largest absolute Gasteiger partial charge is 0.373 e. The minimum absolute atomic E-state index is 0.322. The minimum atomic E-state index is -1.13. The van der Waals surface area contributed by atoms with Gasteiger partial charge in [-0.05, 0) is 42.3 Å². The van der Waals surface area contributed by atoms with E-state index in [1.54, 1.807) is 24.3 Å². The molecular weight excluding hydrogens is 281 g/mol. The molecule has 0 saturated heterocycles. The highest BCUT2D eigenvalue weighted by molar-refractivity contribution is 5.98. The van der Waals surface area contributed by atoms with Gasteiger partial charge in [0.05, 0.1) is 22.8 Å². The molecule has 1 unspecified atom stereocenters. The predicted molar refractivity (Wildman–Crippen MR) is 82.3 cm³/mol. The Morgan fingerprint density at radius 3 is 2.55 bits per heavy atom. The number of benzene rings is 2. The number of nitrogens with zero attached hydrogens (tertiary/aromatic N) is 1. The van der Waals surface area contributed by atoms with E-state index in [-0.39, 0.29) is 5.82 Å². The first kappa shape index (κ1) is 14.3. The van der Waals surface area contributed by atoms with Crippen LogP contribution in [-0.2, 0) is 0 Å². The van der Waals surface area contributed by atoms with Crippen LogP contribution in [0, 0.1) is 24.1 Å². The number of nitrogens with one attached hydrogen (secondary N) is 1. The van der Waals surface area contributed by atoms with Crippen molar-refractivity contribution in [2.45, 2.75) is 13.2 Å². The second-order valence-electron chi connectivity index (χ2n) is 5.17. The molecule has 5 heteroatoms. The maximum absolute atomic E-state index is 13.1. The van der Waals surface area contributed by atoms with E-state index in [9.17, 15) is 14.8 Å². The Morgan fingerprint density at radius 1 is 1.27 bits per heavy atom. The van der Waals surface area contributed by atoms with Gasteiger partial charge >= 0.3 is 0 Å². The van der Waals surface area contributed by atoms with Gasteiger partial charge in [0, 0.05) is 10.9 Å². The highest BCUT2D eigenvalue weighted by atomic mass is 19.1. The monoisotopic (exact) mass is 295 g/mol. The number of rotatable bonds is 2.